The van der Waals surface area contributed by atoms with Crippen LogP contribution in [0.4, 0.5) is 5.69 Å². The van der Waals surface area contributed by atoms with Gasteiger partial charge in [0, 0.05) is 35.6 Å². The second kappa shape index (κ2) is 5.68. The molecule has 0 bridgehead atoms. The van der Waals surface area contributed by atoms with Gasteiger partial charge in [0.15, 0.2) is 0 Å². The van der Waals surface area contributed by atoms with Gasteiger partial charge in [-0.15, -0.1) is 0 Å². The molecule has 0 aliphatic heterocycles. The van der Waals surface area contributed by atoms with E-state index in [0.29, 0.717) is 4.47 Å². The normalized spacial score (nSPS) is 10.3. The van der Waals surface area contributed by atoms with Gasteiger partial charge in [-0.2, -0.15) is 0 Å². The van der Waals surface area contributed by atoms with Crippen molar-refractivity contribution < 1.29 is 9.90 Å². The SMILES string of the molecule is O=C(O)c1ccc(NCCn2ccnc2)cc1Br. The van der Waals surface area contributed by atoms with Gasteiger partial charge in [-0.3, -0.25) is 0 Å². The lowest BCUT2D eigenvalue weighted by Crippen LogP contribution is -2.09. The lowest BCUT2D eigenvalue weighted by atomic mass is 10.2. The number of carboxylic acids is 1. The first-order chi connectivity index (χ1) is 8.66. The van der Waals surface area contributed by atoms with E-state index in [0.717, 1.165) is 18.8 Å². The highest BCUT2D eigenvalue weighted by Crippen LogP contribution is 2.21. The first kappa shape index (κ1) is 12.6. The fourth-order valence-corrected chi connectivity index (χ4v) is 2.10. The number of hydrogen-bond acceptors (Lipinski definition) is 3. The highest BCUT2D eigenvalue weighted by Gasteiger charge is 2.07. The summed E-state index contributed by atoms with van der Waals surface area (Å²) in [6.07, 6.45) is 5.38. The van der Waals surface area contributed by atoms with E-state index in [9.17, 15) is 4.79 Å². The number of carbonyl (C=O) groups is 1. The molecule has 2 rings (SSSR count). The smallest absolute Gasteiger partial charge is 0.336 e. The average molecular weight is 310 g/mol. The molecule has 0 radical (unpaired) electrons. The van der Waals surface area contributed by atoms with Crippen molar-refractivity contribution in [3.05, 3.63) is 47.0 Å². The molecule has 6 heteroatoms. The van der Waals surface area contributed by atoms with Crippen LogP contribution in [0, 0.1) is 0 Å². The Kier molecular flexibility index (Phi) is 3.99. The molecule has 18 heavy (non-hydrogen) atoms. The summed E-state index contributed by atoms with van der Waals surface area (Å²) in [7, 11) is 0. The highest BCUT2D eigenvalue weighted by molar-refractivity contribution is 9.10. The molecule has 0 atom stereocenters. The predicted octanol–water partition coefficient (Wildman–Crippen LogP) is 2.46. The Hall–Kier alpha value is -1.82. The van der Waals surface area contributed by atoms with Crippen LogP contribution >= 0.6 is 15.9 Å². The molecule has 0 saturated carbocycles. The summed E-state index contributed by atoms with van der Waals surface area (Å²) in [6.45, 7) is 1.55. The van der Waals surface area contributed by atoms with E-state index in [4.69, 9.17) is 5.11 Å². The second-order valence-electron chi connectivity index (χ2n) is 3.73. The van der Waals surface area contributed by atoms with Gasteiger partial charge in [-0.25, -0.2) is 9.78 Å². The van der Waals surface area contributed by atoms with Gasteiger partial charge < -0.3 is 15.0 Å². The van der Waals surface area contributed by atoms with Gasteiger partial charge in [-0.1, -0.05) is 0 Å². The van der Waals surface area contributed by atoms with Crippen molar-refractivity contribution in [3.63, 3.8) is 0 Å². The van der Waals surface area contributed by atoms with Crippen molar-refractivity contribution in [1.82, 2.24) is 9.55 Å². The van der Waals surface area contributed by atoms with Crippen LogP contribution < -0.4 is 5.32 Å². The van der Waals surface area contributed by atoms with E-state index >= 15 is 0 Å². The molecular weight excluding hydrogens is 298 g/mol. The van der Waals surface area contributed by atoms with E-state index < -0.39 is 5.97 Å². The van der Waals surface area contributed by atoms with E-state index in [2.05, 4.69) is 26.2 Å². The second-order valence-corrected chi connectivity index (χ2v) is 4.58. The highest BCUT2D eigenvalue weighted by atomic mass is 79.9. The number of nitrogens with one attached hydrogen (secondary N) is 1. The third kappa shape index (κ3) is 3.10. The van der Waals surface area contributed by atoms with Gasteiger partial charge in [0.05, 0.1) is 11.9 Å². The van der Waals surface area contributed by atoms with Crippen molar-refractivity contribution in [2.24, 2.45) is 0 Å². The molecule has 0 saturated heterocycles. The molecule has 2 aromatic rings. The van der Waals surface area contributed by atoms with Crippen LogP contribution in [0.15, 0.2) is 41.4 Å². The summed E-state index contributed by atoms with van der Waals surface area (Å²) in [5.41, 5.74) is 1.14. The number of hydrogen-bond donors (Lipinski definition) is 2. The first-order valence-corrected chi connectivity index (χ1v) is 6.18. The molecule has 5 nitrogen and oxygen atoms in total. The largest absolute Gasteiger partial charge is 0.478 e. The van der Waals surface area contributed by atoms with Crippen LogP contribution in [0.3, 0.4) is 0 Å². The molecule has 1 heterocycles. The minimum Gasteiger partial charge on any atom is -0.478 e. The Bertz CT molecular complexity index is 540. The van der Waals surface area contributed by atoms with E-state index in [-0.39, 0.29) is 5.56 Å². The molecular formula is C12H12BrN3O2. The number of carboxylic acid groups (broad SMARTS) is 1. The Morgan fingerprint density at radius 2 is 2.33 bits per heavy atom. The van der Waals surface area contributed by atoms with Crippen LogP contribution in [0.2, 0.25) is 0 Å². The van der Waals surface area contributed by atoms with E-state index in [1.807, 2.05) is 10.8 Å². The summed E-state index contributed by atoms with van der Waals surface area (Å²) >= 11 is 3.24. The Balaban J connectivity index is 1.94. The van der Waals surface area contributed by atoms with Crippen molar-refractivity contribution >= 4 is 27.6 Å². The predicted molar refractivity (Wildman–Crippen MR) is 71.8 cm³/mol. The molecule has 0 unspecified atom stereocenters. The minimum atomic E-state index is -0.938. The molecule has 2 N–H and O–H groups in total. The number of rotatable bonds is 5. The van der Waals surface area contributed by atoms with Crippen LogP contribution in [-0.2, 0) is 6.54 Å². The Morgan fingerprint density at radius 3 is 2.94 bits per heavy atom. The van der Waals surface area contributed by atoms with Gasteiger partial charge in [0.2, 0.25) is 0 Å². The standard InChI is InChI=1S/C12H12BrN3O2/c13-11-7-9(1-2-10(11)12(17)18)15-4-6-16-5-3-14-8-16/h1-3,5,7-8,15H,4,6H2,(H,17,18). The lowest BCUT2D eigenvalue weighted by Gasteiger charge is -2.08. The fourth-order valence-electron chi connectivity index (χ4n) is 1.55. The summed E-state index contributed by atoms with van der Waals surface area (Å²) in [5, 5.41) is 12.1. The quantitative estimate of drug-likeness (QED) is 0.890. The zero-order chi connectivity index (χ0) is 13.0. The average Bonchev–Trinajstić information content (AvgIpc) is 2.81. The van der Waals surface area contributed by atoms with Gasteiger partial charge in [-0.05, 0) is 34.1 Å². The fraction of sp³-hybridized carbons (Fsp3) is 0.167. The third-order valence-electron chi connectivity index (χ3n) is 2.46. The van der Waals surface area contributed by atoms with Crippen molar-refractivity contribution in [3.8, 4) is 0 Å². The lowest BCUT2D eigenvalue weighted by molar-refractivity contribution is 0.0696. The monoisotopic (exact) mass is 309 g/mol. The molecule has 0 aliphatic rings. The Labute approximate surface area is 113 Å². The molecule has 0 spiro atoms. The number of aromatic nitrogens is 2. The van der Waals surface area contributed by atoms with Gasteiger partial charge in [0.1, 0.15) is 0 Å². The number of aromatic carboxylic acids is 1. The number of benzene rings is 1. The van der Waals surface area contributed by atoms with Gasteiger partial charge >= 0.3 is 5.97 Å². The van der Waals surface area contributed by atoms with E-state index in [1.54, 1.807) is 30.7 Å². The van der Waals surface area contributed by atoms with Crippen LogP contribution in [-0.4, -0.2) is 27.2 Å². The Morgan fingerprint density at radius 1 is 1.50 bits per heavy atom. The van der Waals surface area contributed by atoms with Crippen molar-refractivity contribution in [2.75, 3.05) is 11.9 Å². The molecule has 1 aromatic heterocycles. The topological polar surface area (TPSA) is 67.2 Å². The summed E-state index contributed by atoms with van der Waals surface area (Å²) < 4.78 is 2.54. The maximum Gasteiger partial charge on any atom is 0.336 e. The van der Waals surface area contributed by atoms with Crippen molar-refractivity contribution in [2.45, 2.75) is 6.54 Å². The van der Waals surface area contributed by atoms with Crippen LogP contribution in [0.25, 0.3) is 0 Å². The zero-order valence-corrected chi connectivity index (χ0v) is 11.1. The molecule has 94 valence electrons. The van der Waals surface area contributed by atoms with Crippen LogP contribution in [0.1, 0.15) is 10.4 Å². The number of anilines is 1. The maximum absolute atomic E-state index is 10.8. The zero-order valence-electron chi connectivity index (χ0n) is 9.51. The number of nitrogens with zero attached hydrogens (tertiary/aromatic N) is 2. The van der Waals surface area contributed by atoms with Crippen molar-refractivity contribution in [1.29, 1.82) is 0 Å². The molecule has 0 aliphatic carbocycles. The first-order valence-electron chi connectivity index (χ1n) is 5.39. The number of halogens is 1. The summed E-state index contributed by atoms with van der Waals surface area (Å²) in [4.78, 5) is 14.8. The van der Waals surface area contributed by atoms with E-state index in [1.165, 1.54) is 0 Å². The third-order valence-corrected chi connectivity index (χ3v) is 3.11. The maximum atomic E-state index is 10.8. The van der Waals surface area contributed by atoms with Crippen LogP contribution in [0.5, 0.6) is 0 Å². The molecule has 0 fully saturated rings. The van der Waals surface area contributed by atoms with Gasteiger partial charge in [0.25, 0.3) is 0 Å². The number of imidazole rings is 1. The molecule has 0 amide bonds. The summed E-state index contributed by atoms with van der Waals surface area (Å²) in [6, 6.07) is 5.09. The summed E-state index contributed by atoms with van der Waals surface area (Å²) in [5.74, 6) is -0.938. The molecule has 1 aromatic carbocycles. The minimum absolute atomic E-state index is 0.259.